The van der Waals surface area contributed by atoms with Gasteiger partial charge < -0.3 is 5.32 Å². The molecule has 0 saturated carbocycles. The zero-order valence-electron chi connectivity index (χ0n) is 10.3. The minimum Gasteiger partial charge on any atom is -0.380 e. The summed E-state index contributed by atoms with van der Waals surface area (Å²) in [5.41, 5.74) is 5.14. The lowest BCUT2D eigenvalue weighted by Crippen LogP contribution is -2.02. The van der Waals surface area contributed by atoms with Gasteiger partial charge in [0.1, 0.15) is 0 Å². The Kier molecular flexibility index (Phi) is 3.75. The molecule has 1 N–H and O–H groups in total. The van der Waals surface area contributed by atoms with E-state index in [-0.39, 0.29) is 0 Å². The summed E-state index contributed by atoms with van der Waals surface area (Å²) in [6.45, 7) is 7.25. The zero-order valence-corrected chi connectivity index (χ0v) is 11.9. The van der Waals surface area contributed by atoms with E-state index in [0.29, 0.717) is 0 Å². The second-order valence-electron chi connectivity index (χ2n) is 4.33. The van der Waals surface area contributed by atoms with Crippen molar-refractivity contribution in [2.24, 2.45) is 0 Å². The topological polar surface area (TPSA) is 12.0 Å². The van der Waals surface area contributed by atoms with Gasteiger partial charge in [-0.05, 0) is 44.0 Å². The Hall–Kier alpha value is -0.990. The number of rotatable bonds is 3. The van der Waals surface area contributed by atoms with Gasteiger partial charge in [-0.1, -0.05) is 29.3 Å². The van der Waals surface area contributed by atoms with Crippen LogP contribution in [0.25, 0.3) is 0 Å². The minimum atomic E-state index is 0.835. The fraction of sp³-hybridized carbons (Fsp3) is 0.286. The third-order valence-corrected chi connectivity index (χ3v) is 3.98. The summed E-state index contributed by atoms with van der Waals surface area (Å²) in [6.07, 6.45) is 0. The van der Waals surface area contributed by atoms with Crippen molar-refractivity contribution < 1.29 is 0 Å². The van der Waals surface area contributed by atoms with Gasteiger partial charge in [0.25, 0.3) is 0 Å². The van der Waals surface area contributed by atoms with Crippen LogP contribution in [0.2, 0.25) is 4.34 Å². The SMILES string of the molecule is Cc1cc(C)c(NCc2ccc(Cl)s2)c(C)c1. The van der Waals surface area contributed by atoms with E-state index in [1.54, 1.807) is 11.3 Å². The Morgan fingerprint density at radius 1 is 1.12 bits per heavy atom. The van der Waals surface area contributed by atoms with Crippen LogP contribution >= 0.6 is 22.9 Å². The standard InChI is InChI=1S/C14H16ClNS/c1-9-6-10(2)14(11(3)7-9)16-8-12-4-5-13(15)17-12/h4-7,16H,8H2,1-3H3. The van der Waals surface area contributed by atoms with Crippen LogP contribution in [-0.2, 0) is 6.54 Å². The van der Waals surface area contributed by atoms with Crippen molar-refractivity contribution in [2.45, 2.75) is 27.3 Å². The summed E-state index contributed by atoms with van der Waals surface area (Å²) in [7, 11) is 0. The molecular formula is C14H16ClNS. The minimum absolute atomic E-state index is 0.835. The van der Waals surface area contributed by atoms with Crippen molar-refractivity contribution in [3.63, 3.8) is 0 Å². The van der Waals surface area contributed by atoms with Crippen molar-refractivity contribution in [1.29, 1.82) is 0 Å². The highest BCUT2D eigenvalue weighted by Crippen LogP contribution is 2.25. The second-order valence-corrected chi connectivity index (χ2v) is 6.13. The summed E-state index contributed by atoms with van der Waals surface area (Å²) < 4.78 is 0.846. The average Bonchev–Trinajstić information content (AvgIpc) is 2.62. The summed E-state index contributed by atoms with van der Waals surface area (Å²) in [5, 5.41) is 3.49. The lowest BCUT2D eigenvalue weighted by molar-refractivity contribution is 1.16. The van der Waals surface area contributed by atoms with Crippen LogP contribution in [-0.4, -0.2) is 0 Å². The number of benzene rings is 1. The summed E-state index contributed by atoms with van der Waals surface area (Å²) >= 11 is 7.54. The molecule has 1 aromatic carbocycles. The first-order valence-corrected chi connectivity index (χ1v) is 6.81. The zero-order chi connectivity index (χ0) is 12.4. The molecule has 90 valence electrons. The van der Waals surface area contributed by atoms with Crippen LogP contribution in [0.1, 0.15) is 21.6 Å². The number of nitrogens with one attached hydrogen (secondary N) is 1. The first kappa shape index (κ1) is 12.5. The number of anilines is 1. The lowest BCUT2D eigenvalue weighted by atomic mass is 10.1. The highest BCUT2D eigenvalue weighted by Gasteiger charge is 2.04. The Bertz CT molecular complexity index is 508. The molecule has 0 unspecified atom stereocenters. The number of halogens is 1. The number of aryl methyl sites for hydroxylation is 3. The predicted octanol–water partition coefficient (Wildman–Crippen LogP) is 4.94. The molecule has 0 aliphatic carbocycles. The molecule has 2 aromatic rings. The maximum Gasteiger partial charge on any atom is 0.0931 e. The predicted molar refractivity (Wildman–Crippen MR) is 77.3 cm³/mol. The molecule has 0 aliphatic rings. The van der Waals surface area contributed by atoms with E-state index in [0.717, 1.165) is 10.9 Å². The van der Waals surface area contributed by atoms with Gasteiger partial charge in [-0.25, -0.2) is 0 Å². The monoisotopic (exact) mass is 265 g/mol. The van der Waals surface area contributed by atoms with Crippen molar-refractivity contribution in [2.75, 3.05) is 5.32 Å². The summed E-state index contributed by atoms with van der Waals surface area (Å²) in [5.74, 6) is 0. The summed E-state index contributed by atoms with van der Waals surface area (Å²) in [4.78, 5) is 1.26. The Balaban J connectivity index is 2.14. The van der Waals surface area contributed by atoms with Gasteiger partial charge in [0.2, 0.25) is 0 Å². The highest BCUT2D eigenvalue weighted by molar-refractivity contribution is 7.16. The molecule has 1 aromatic heterocycles. The molecule has 0 aliphatic heterocycles. The average molecular weight is 266 g/mol. The molecule has 0 saturated heterocycles. The maximum absolute atomic E-state index is 5.92. The molecule has 0 fully saturated rings. The van der Waals surface area contributed by atoms with Gasteiger partial charge in [-0.15, -0.1) is 11.3 Å². The van der Waals surface area contributed by atoms with Crippen LogP contribution in [0, 0.1) is 20.8 Å². The Morgan fingerprint density at radius 2 is 1.76 bits per heavy atom. The molecule has 0 spiro atoms. The van der Waals surface area contributed by atoms with E-state index in [4.69, 9.17) is 11.6 Å². The molecule has 17 heavy (non-hydrogen) atoms. The molecule has 0 amide bonds. The normalized spacial score (nSPS) is 10.6. The Labute approximate surface area is 111 Å². The molecular weight excluding hydrogens is 250 g/mol. The van der Waals surface area contributed by atoms with E-state index in [1.165, 1.54) is 27.3 Å². The van der Waals surface area contributed by atoms with Gasteiger partial charge in [0.05, 0.1) is 4.34 Å². The number of hydrogen-bond donors (Lipinski definition) is 1. The van der Waals surface area contributed by atoms with E-state index in [9.17, 15) is 0 Å². The summed E-state index contributed by atoms with van der Waals surface area (Å²) in [6, 6.07) is 8.42. The van der Waals surface area contributed by atoms with Gasteiger partial charge >= 0.3 is 0 Å². The molecule has 2 rings (SSSR count). The molecule has 1 nitrogen and oxygen atoms in total. The lowest BCUT2D eigenvalue weighted by Gasteiger charge is -2.13. The van der Waals surface area contributed by atoms with Crippen molar-refractivity contribution >= 4 is 28.6 Å². The largest absolute Gasteiger partial charge is 0.380 e. The van der Waals surface area contributed by atoms with E-state index in [2.05, 4.69) is 44.3 Å². The van der Waals surface area contributed by atoms with Crippen LogP contribution in [0.3, 0.4) is 0 Å². The number of thiophene rings is 1. The molecule has 3 heteroatoms. The Morgan fingerprint density at radius 3 is 2.29 bits per heavy atom. The van der Waals surface area contributed by atoms with Crippen LogP contribution in [0.5, 0.6) is 0 Å². The fourth-order valence-electron chi connectivity index (χ4n) is 2.08. The van der Waals surface area contributed by atoms with Crippen LogP contribution < -0.4 is 5.32 Å². The van der Waals surface area contributed by atoms with Crippen molar-refractivity contribution in [3.05, 3.63) is 50.2 Å². The second kappa shape index (κ2) is 5.11. The van der Waals surface area contributed by atoms with Gasteiger partial charge in [0, 0.05) is 17.1 Å². The first-order chi connectivity index (χ1) is 8.06. The molecule has 0 atom stereocenters. The molecule has 1 heterocycles. The third kappa shape index (κ3) is 3.02. The smallest absolute Gasteiger partial charge is 0.0931 e. The van der Waals surface area contributed by atoms with Gasteiger partial charge in [-0.3, -0.25) is 0 Å². The van der Waals surface area contributed by atoms with Crippen LogP contribution in [0.15, 0.2) is 24.3 Å². The number of hydrogen-bond acceptors (Lipinski definition) is 2. The third-order valence-electron chi connectivity index (χ3n) is 2.75. The first-order valence-electron chi connectivity index (χ1n) is 5.62. The van der Waals surface area contributed by atoms with Gasteiger partial charge in [-0.2, -0.15) is 0 Å². The van der Waals surface area contributed by atoms with Gasteiger partial charge in [0.15, 0.2) is 0 Å². The molecule has 0 radical (unpaired) electrons. The van der Waals surface area contributed by atoms with E-state index < -0.39 is 0 Å². The maximum atomic E-state index is 5.92. The van der Waals surface area contributed by atoms with Crippen LogP contribution in [0.4, 0.5) is 5.69 Å². The van der Waals surface area contributed by atoms with Crippen molar-refractivity contribution in [1.82, 2.24) is 0 Å². The fourth-order valence-corrected chi connectivity index (χ4v) is 3.11. The highest BCUT2D eigenvalue weighted by atomic mass is 35.5. The van der Waals surface area contributed by atoms with E-state index >= 15 is 0 Å². The quantitative estimate of drug-likeness (QED) is 0.829. The van der Waals surface area contributed by atoms with Crippen molar-refractivity contribution in [3.8, 4) is 0 Å². The molecule has 0 bridgehead atoms. The van der Waals surface area contributed by atoms with E-state index in [1.807, 2.05) is 6.07 Å².